The zero-order valence-electron chi connectivity index (χ0n) is 12.5. The van der Waals surface area contributed by atoms with Crippen LogP contribution in [0.4, 0.5) is 4.39 Å². The average Bonchev–Trinajstić information content (AvgIpc) is 2.44. The molecule has 0 aliphatic heterocycles. The molecule has 0 amide bonds. The van der Waals surface area contributed by atoms with Crippen molar-refractivity contribution in [2.24, 2.45) is 4.99 Å². The standard InChI is InChI=1S/C19H18FN/c1-19(2,3)21-18(16-10-12-17(20)13-11-16)14-9-15-7-5-4-6-8-15/h4-8,10-13H,1-3H3. The molecule has 0 radical (unpaired) electrons. The van der Waals surface area contributed by atoms with Gasteiger partial charge in [0.2, 0.25) is 0 Å². The van der Waals surface area contributed by atoms with Gasteiger partial charge in [-0.1, -0.05) is 24.1 Å². The molecule has 106 valence electrons. The van der Waals surface area contributed by atoms with Gasteiger partial charge in [0.05, 0.1) is 5.54 Å². The minimum absolute atomic E-state index is 0.241. The Morgan fingerprint density at radius 2 is 1.57 bits per heavy atom. The van der Waals surface area contributed by atoms with Crippen molar-refractivity contribution in [1.29, 1.82) is 0 Å². The molecule has 21 heavy (non-hydrogen) atoms. The van der Waals surface area contributed by atoms with Crippen molar-refractivity contribution in [2.45, 2.75) is 26.3 Å². The van der Waals surface area contributed by atoms with Crippen LogP contribution in [0.1, 0.15) is 31.9 Å². The smallest absolute Gasteiger partial charge is 0.123 e. The first-order valence-electron chi connectivity index (χ1n) is 6.87. The highest BCUT2D eigenvalue weighted by atomic mass is 19.1. The number of aliphatic imine (C=N–C) groups is 1. The fourth-order valence-corrected chi connectivity index (χ4v) is 1.76. The van der Waals surface area contributed by atoms with Gasteiger partial charge in [-0.05, 0) is 63.1 Å². The molecule has 0 spiro atoms. The molecule has 2 aromatic rings. The van der Waals surface area contributed by atoms with E-state index in [0.29, 0.717) is 5.71 Å². The van der Waals surface area contributed by atoms with Crippen molar-refractivity contribution in [3.8, 4) is 11.8 Å². The van der Waals surface area contributed by atoms with Gasteiger partial charge in [-0.3, -0.25) is 4.99 Å². The quantitative estimate of drug-likeness (QED) is 0.539. The van der Waals surface area contributed by atoms with Crippen LogP contribution in [0.2, 0.25) is 0 Å². The highest BCUT2D eigenvalue weighted by Gasteiger charge is 2.10. The van der Waals surface area contributed by atoms with Crippen LogP contribution in [0.5, 0.6) is 0 Å². The molecule has 2 heteroatoms. The number of nitrogens with zero attached hydrogens (tertiary/aromatic N) is 1. The molecule has 2 rings (SSSR count). The molecule has 0 heterocycles. The minimum atomic E-state index is -0.259. The zero-order valence-corrected chi connectivity index (χ0v) is 12.5. The summed E-state index contributed by atoms with van der Waals surface area (Å²) in [7, 11) is 0. The fraction of sp³-hybridized carbons (Fsp3) is 0.211. The SMILES string of the molecule is CC(C)(C)N=C(C#Cc1ccccc1)c1ccc(F)cc1. The lowest BCUT2D eigenvalue weighted by Gasteiger charge is -2.13. The summed E-state index contributed by atoms with van der Waals surface area (Å²) >= 11 is 0. The van der Waals surface area contributed by atoms with Crippen molar-refractivity contribution in [2.75, 3.05) is 0 Å². The third-order valence-electron chi connectivity index (χ3n) is 2.66. The molecular formula is C19H18FN. The number of benzene rings is 2. The first kappa shape index (κ1) is 15.0. The first-order valence-corrected chi connectivity index (χ1v) is 6.87. The van der Waals surface area contributed by atoms with Gasteiger partial charge in [0.25, 0.3) is 0 Å². The average molecular weight is 279 g/mol. The monoisotopic (exact) mass is 279 g/mol. The Kier molecular flexibility index (Phi) is 4.55. The molecule has 0 unspecified atom stereocenters. The van der Waals surface area contributed by atoms with Crippen molar-refractivity contribution in [3.05, 3.63) is 71.5 Å². The Hall–Kier alpha value is -2.40. The van der Waals surface area contributed by atoms with Crippen molar-refractivity contribution in [3.63, 3.8) is 0 Å². The third kappa shape index (κ3) is 4.89. The molecule has 0 N–H and O–H groups in total. The summed E-state index contributed by atoms with van der Waals surface area (Å²) in [6.45, 7) is 6.04. The van der Waals surface area contributed by atoms with Crippen LogP contribution in [-0.2, 0) is 0 Å². The maximum absolute atomic E-state index is 13.1. The maximum Gasteiger partial charge on any atom is 0.123 e. The van der Waals surface area contributed by atoms with E-state index in [-0.39, 0.29) is 11.4 Å². The van der Waals surface area contributed by atoms with Gasteiger partial charge in [0.1, 0.15) is 11.5 Å². The molecule has 0 saturated heterocycles. The van der Waals surface area contributed by atoms with E-state index >= 15 is 0 Å². The van der Waals surface area contributed by atoms with E-state index in [1.54, 1.807) is 12.1 Å². The van der Waals surface area contributed by atoms with Gasteiger partial charge >= 0.3 is 0 Å². The van der Waals surface area contributed by atoms with Crippen LogP contribution < -0.4 is 0 Å². The van der Waals surface area contributed by atoms with E-state index in [1.807, 2.05) is 51.1 Å². The normalized spacial score (nSPS) is 11.7. The third-order valence-corrected chi connectivity index (χ3v) is 2.66. The molecule has 0 saturated carbocycles. The summed E-state index contributed by atoms with van der Waals surface area (Å²) in [5.41, 5.74) is 2.19. The molecular weight excluding hydrogens is 261 g/mol. The van der Waals surface area contributed by atoms with Crippen LogP contribution in [-0.4, -0.2) is 11.3 Å². The lowest BCUT2D eigenvalue weighted by Crippen LogP contribution is -2.14. The molecule has 0 bridgehead atoms. The second-order valence-corrected chi connectivity index (χ2v) is 5.75. The topological polar surface area (TPSA) is 12.4 Å². The number of halogens is 1. The number of hydrogen-bond donors (Lipinski definition) is 0. The Balaban J connectivity index is 2.41. The highest BCUT2D eigenvalue weighted by Crippen LogP contribution is 2.12. The van der Waals surface area contributed by atoms with Gasteiger partial charge in [-0.25, -0.2) is 4.39 Å². The molecule has 0 fully saturated rings. The van der Waals surface area contributed by atoms with Crippen LogP contribution >= 0.6 is 0 Å². The Labute approximate surface area is 125 Å². The molecule has 1 nitrogen and oxygen atoms in total. The van der Waals surface area contributed by atoms with Crippen LogP contribution in [0.25, 0.3) is 0 Å². The predicted molar refractivity (Wildman–Crippen MR) is 86.0 cm³/mol. The van der Waals surface area contributed by atoms with E-state index < -0.39 is 0 Å². The number of rotatable bonds is 1. The van der Waals surface area contributed by atoms with Gasteiger partial charge in [0.15, 0.2) is 0 Å². The molecule has 2 aromatic carbocycles. The largest absolute Gasteiger partial charge is 0.270 e. The minimum Gasteiger partial charge on any atom is -0.270 e. The molecule has 0 atom stereocenters. The van der Waals surface area contributed by atoms with E-state index in [9.17, 15) is 4.39 Å². The second-order valence-electron chi connectivity index (χ2n) is 5.75. The van der Waals surface area contributed by atoms with Crippen LogP contribution in [0.15, 0.2) is 59.6 Å². The summed E-state index contributed by atoms with van der Waals surface area (Å²) < 4.78 is 13.1. The van der Waals surface area contributed by atoms with Crippen molar-refractivity contribution in [1.82, 2.24) is 0 Å². The van der Waals surface area contributed by atoms with E-state index in [1.165, 1.54) is 12.1 Å². The summed E-state index contributed by atoms with van der Waals surface area (Å²) in [6, 6.07) is 16.0. The molecule has 0 aromatic heterocycles. The van der Waals surface area contributed by atoms with Crippen LogP contribution in [0, 0.1) is 17.7 Å². The highest BCUT2D eigenvalue weighted by molar-refractivity contribution is 6.13. The van der Waals surface area contributed by atoms with E-state index in [0.717, 1.165) is 11.1 Å². The van der Waals surface area contributed by atoms with Gasteiger partial charge in [0, 0.05) is 11.1 Å². The Bertz CT molecular complexity index is 680. The van der Waals surface area contributed by atoms with Gasteiger partial charge < -0.3 is 0 Å². The summed E-state index contributed by atoms with van der Waals surface area (Å²) in [5.74, 6) is 5.95. The fourth-order valence-electron chi connectivity index (χ4n) is 1.76. The lowest BCUT2D eigenvalue weighted by molar-refractivity contribution is 0.585. The van der Waals surface area contributed by atoms with Crippen molar-refractivity contribution >= 4 is 5.71 Å². The molecule has 0 aliphatic carbocycles. The lowest BCUT2D eigenvalue weighted by atomic mass is 10.1. The van der Waals surface area contributed by atoms with Crippen LogP contribution in [0.3, 0.4) is 0 Å². The summed E-state index contributed by atoms with van der Waals surface area (Å²) in [5, 5.41) is 0. The van der Waals surface area contributed by atoms with Gasteiger partial charge in [-0.2, -0.15) is 0 Å². The van der Waals surface area contributed by atoms with E-state index in [2.05, 4.69) is 16.8 Å². The number of hydrogen-bond acceptors (Lipinski definition) is 1. The Morgan fingerprint density at radius 1 is 0.952 bits per heavy atom. The first-order chi connectivity index (χ1) is 9.94. The second kappa shape index (κ2) is 6.37. The van der Waals surface area contributed by atoms with Gasteiger partial charge in [-0.15, -0.1) is 0 Å². The predicted octanol–water partition coefficient (Wildman–Crippen LogP) is 4.47. The zero-order chi connectivity index (χ0) is 15.3. The van der Waals surface area contributed by atoms with Crippen molar-refractivity contribution < 1.29 is 4.39 Å². The Morgan fingerprint density at radius 3 is 2.14 bits per heavy atom. The summed E-state index contributed by atoms with van der Waals surface area (Å²) in [4.78, 5) is 4.64. The molecule has 0 aliphatic rings. The summed E-state index contributed by atoms with van der Waals surface area (Å²) in [6.07, 6.45) is 0. The maximum atomic E-state index is 13.1. The van der Waals surface area contributed by atoms with E-state index in [4.69, 9.17) is 0 Å².